The average Bonchev–Trinajstić information content (AvgIpc) is 1.88. The first kappa shape index (κ1) is 10.7. The van der Waals surface area contributed by atoms with Crippen molar-refractivity contribution in [1.29, 1.82) is 0 Å². The molecule has 5 heteroatoms. The third-order valence-electron chi connectivity index (χ3n) is 0.947. The second-order valence-electron chi connectivity index (χ2n) is 1.67. The van der Waals surface area contributed by atoms with E-state index < -0.39 is 5.97 Å². The first-order chi connectivity index (χ1) is 4.70. The molecule has 0 atom stereocenters. The summed E-state index contributed by atoms with van der Waals surface area (Å²) in [6, 6.07) is 3.07. The van der Waals surface area contributed by atoms with Crippen molar-refractivity contribution in [3.05, 3.63) is 28.5 Å². The molecule has 1 aromatic rings. The van der Waals surface area contributed by atoms with E-state index in [9.17, 15) is 4.79 Å². The summed E-state index contributed by atoms with van der Waals surface area (Å²) < 4.78 is 0.775. The smallest absolute Gasteiger partial charge is 1.00 e. The SMILES string of the molecule is O=C(O)c1ccc(Br)cn1.[H-].[Li+]. The number of rotatable bonds is 1. The molecule has 11 heavy (non-hydrogen) atoms. The predicted octanol–water partition coefficient (Wildman–Crippen LogP) is -1.34. The number of aromatic carboxylic acids is 1. The molecule has 0 saturated heterocycles. The summed E-state index contributed by atoms with van der Waals surface area (Å²) in [7, 11) is 0. The number of halogens is 1. The van der Waals surface area contributed by atoms with Crippen molar-refractivity contribution in [3.8, 4) is 0 Å². The zero-order chi connectivity index (χ0) is 7.56. The molecule has 0 aliphatic rings. The van der Waals surface area contributed by atoms with Crippen LogP contribution in [0, 0.1) is 0 Å². The van der Waals surface area contributed by atoms with Crippen molar-refractivity contribution in [2.24, 2.45) is 0 Å². The molecule has 0 aromatic carbocycles. The van der Waals surface area contributed by atoms with E-state index >= 15 is 0 Å². The maximum absolute atomic E-state index is 10.2. The van der Waals surface area contributed by atoms with Gasteiger partial charge in [-0.05, 0) is 28.1 Å². The van der Waals surface area contributed by atoms with E-state index in [-0.39, 0.29) is 26.0 Å². The topological polar surface area (TPSA) is 50.2 Å². The molecule has 54 valence electrons. The Morgan fingerprint density at radius 3 is 2.64 bits per heavy atom. The fourth-order valence-corrected chi connectivity index (χ4v) is 0.737. The number of carbonyl (C=O) groups is 1. The zero-order valence-corrected chi connectivity index (χ0v) is 7.50. The van der Waals surface area contributed by atoms with E-state index in [1.807, 2.05) is 0 Å². The molecule has 3 nitrogen and oxygen atoms in total. The Hall–Kier alpha value is -0.303. The number of pyridine rings is 1. The van der Waals surface area contributed by atoms with Gasteiger partial charge >= 0.3 is 24.8 Å². The van der Waals surface area contributed by atoms with Crippen molar-refractivity contribution in [2.45, 2.75) is 0 Å². The molecule has 0 aliphatic carbocycles. The molecular weight excluding hydrogens is 205 g/mol. The molecule has 0 unspecified atom stereocenters. The van der Waals surface area contributed by atoms with Gasteiger partial charge in [0.05, 0.1) is 0 Å². The molecule has 0 amide bonds. The minimum atomic E-state index is -1.01. The maximum Gasteiger partial charge on any atom is 1.00 e. The van der Waals surface area contributed by atoms with Crippen LogP contribution in [0.3, 0.4) is 0 Å². The summed E-state index contributed by atoms with van der Waals surface area (Å²) in [5.74, 6) is -1.01. The van der Waals surface area contributed by atoms with E-state index in [1.165, 1.54) is 12.3 Å². The minimum Gasteiger partial charge on any atom is -1.00 e. The third-order valence-corrected chi connectivity index (χ3v) is 1.42. The summed E-state index contributed by atoms with van der Waals surface area (Å²) in [6.45, 7) is 0. The number of aromatic nitrogens is 1. The summed E-state index contributed by atoms with van der Waals surface area (Å²) in [5, 5.41) is 8.40. The van der Waals surface area contributed by atoms with Gasteiger partial charge in [-0.2, -0.15) is 0 Å². The monoisotopic (exact) mass is 209 g/mol. The molecule has 0 saturated carbocycles. The van der Waals surface area contributed by atoms with Crippen LogP contribution < -0.4 is 18.9 Å². The van der Waals surface area contributed by atoms with Crippen LogP contribution in [0.2, 0.25) is 0 Å². The van der Waals surface area contributed by atoms with E-state index in [2.05, 4.69) is 20.9 Å². The van der Waals surface area contributed by atoms with E-state index in [4.69, 9.17) is 5.11 Å². The van der Waals surface area contributed by atoms with Crippen LogP contribution in [0.15, 0.2) is 22.8 Å². The summed E-state index contributed by atoms with van der Waals surface area (Å²) >= 11 is 3.14. The minimum absolute atomic E-state index is 0. The Balaban J connectivity index is 0. The number of nitrogens with zero attached hydrogens (tertiary/aromatic N) is 1. The van der Waals surface area contributed by atoms with E-state index in [0.29, 0.717) is 0 Å². The van der Waals surface area contributed by atoms with Crippen LogP contribution in [0.1, 0.15) is 11.9 Å². The van der Waals surface area contributed by atoms with Gasteiger partial charge in [-0.3, -0.25) is 0 Å². The quantitative estimate of drug-likeness (QED) is 0.583. The van der Waals surface area contributed by atoms with Crippen molar-refractivity contribution in [2.75, 3.05) is 0 Å². The number of carboxylic acid groups (broad SMARTS) is 1. The van der Waals surface area contributed by atoms with Crippen LogP contribution >= 0.6 is 15.9 Å². The molecule has 1 N–H and O–H groups in total. The second-order valence-corrected chi connectivity index (χ2v) is 2.58. The van der Waals surface area contributed by atoms with Crippen molar-refractivity contribution >= 4 is 21.9 Å². The predicted molar refractivity (Wildman–Crippen MR) is 40.0 cm³/mol. The van der Waals surface area contributed by atoms with E-state index in [0.717, 1.165) is 4.47 Å². The normalized spacial score (nSPS) is 8.45. The van der Waals surface area contributed by atoms with Gasteiger partial charge in [-0.1, -0.05) is 0 Å². The fourth-order valence-electron chi connectivity index (χ4n) is 0.502. The van der Waals surface area contributed by atoms with Crippen molar-refractivity contribution in [1.82, 2.24) is 4.98 Å². The molecular formula is C6H5BrLiNO2. The molecule has 1 aromatic heterocycles. The van der Waals surface area contributed by atoms with Gasteiger partial charge in [0.1, 0.15) is 5.69 Å². The Morgan fingerprint density at radius 1 is 1.64 bits per heavy atom. The van der Waals surface area contributed by atoms with Crippen molar-refractivity contribution in [3.63, 3.8) is 0 Å². The Labute approximate surface area is 85.6 Å². The van der Waals surface area contributed by atoms with Gasteiger partial charge in [0.2, 0.25) is 0 Å². The second kappa shape index (κ2) is 4.55. The molecule has 0 radical (unpaired) electrons. The number of hydrogen-bond donors (Lipinski definition) is 1. The Morgan fingerprint density at radius 2 is 2.27 bits per heavy atom. The fraction of sp³-hybridized carbons (Fsp3) is 0. The van der Waals surface area contributed by atoms with Gasteiger partial charge in [-0.25, -0.2) is 9.78 Å². The van der Waals surface area contributed by atoms with Crippen LogP contribution in [0.5, 0.6) is 0 Å². The molecule has 0 bridgehead atoms. The van der Waals surface area contributed by atoms with Crippen LogP contribution in [0.25, 0.3) is 0 Å². The van der Waals surface area contributed by atoms with E-state index in [1.54, 1.807) is 6.07 Å². The van der Waals surface area contributed by atoms with Gasteiger partial charge in [-0.15, -0.1) is 0 Å². The summed E-state index contributed by atoms with van der Waals surface area (Å²) in [4.78, 5) is 13.9. The zero-order valence-electron chi connectivity index (χ0n) is 6.91. The largest absolute Gasteiger partial charge is 1.00 e. The molecule has 0 aliphatic heterocycles. The first-order valence-electron chi connectivity index (χ1n) is 2.55. The summed E-state index contributed by atoms with van der Waals surface area (Å²) in [5.41, 5.74) is 0.0585. The molecule has 1 rings (SSSR count). The third kappa shape index (κ3) is 3.06. The van der Waals surface area contributed by atoms with Crippen LogP contribution in [0.4, 0.5) is 0 Å². The molecule has 0 fully saturated rings. The molecule has 0 spiro atoms. The van der Waals surface area contributed by atoms with Gasteiger partial charge < -0.3 is 6.53 Å². The maximum atomic E-state index is 10.2. The van der Waals surface area contributed by atoms with Gasteiger partial charge in [0, 0.05) is 10.7 Å². The number of hydrogen-bond acceptors (Lipinski definition) is 2. The van der Waals surface area contributed by atoms with Crippen molar-refractivity contribution < 1.29 is 30.2 Å². The number of carboxylic acids is 1. The van der Waals surface area contributed by atoms with Gasteiger partial charge in [0.15, 0.2) is 0 Å². The van der Waals surface area contributed by atoms with Crippen LogP contribution in [-0.2, 0) is 0 Å². The first-order valence-corrected chi connectivity index (χ1v) is 3.34. The van der Waals surface area contributed by atoms with Gasteiger partial charge in [0.25, 0.3) is 0 Å². The Kier molecular flexibility index (Phi) is 4.42. The average molecular weight is 210 g/mol. The summed E-state index contributed by atoms with van der Waals surface area (Å²) in [6.07, 6.45) is 1.45. The molecule has 1 heterocycles. The standard InChI is InChI=1S/C6H4BrNO2.Li.H/c7-4-1-2-5(6(9)10)8-3-4;;/h1-3H,(H,9,10);;/q;+1;-1. The van der Waals surface area contributed by atoms with Crippen LogP contribution in [-0.4, -0.2) is 16.1 Å². The Bertz CT molecular complexity index is 254.